The summed E-state index contributed by atoms with van der Waals surface area (Å²) in [6, 6.07) is 6.10. The van der Waals surface area contributed by atoms with Gasteiger partial charge in [0.2, 0.25) is 0 Å². The molecule has 3 nitrogen and oxygen atoms in total. The molecule has 1 aromatic carbocycles. The highest BCUT2D eigenvalue weighted by atomic mass is 32.2. The maximum Gasteiger partial charge on any atom is 0.573 e. The summed E-state index contributed by atoms with van der Waals surface area (Å²) in [5.41, 5.74) is 0.131. The molecule has 2 rings (SSSR count). The zero-order valence-corrected chi connectivity index (χ0v) is 11.8. The zero-order valence-electron chi connectivity index (χ0n) is 11.0. The first-order valence-corrected chi connectivity index (χ1v) is 6.95. The number of alkyl halides is 3. The van der Waals surface area contributed by atoms with Gasteiger partial charge in [-0.1, -0.05) is 23.4 Å². The lowest BCUT2D eigenvalue weighted by molar-refractivity contribution is -0.274. The molecule has 0 saturated heterocycles. The zero-order chi connectivity index (χ0) is 14.8. The number of thioether (sulfide) groups is 1. The van der Waals surface area contributed by atoms with Crippen LogP contribution < -0.4 is 4.74 Å². The third-order valence-corrected chi connectivity index (χ3v) is 3.57. The second-order valence-electron chi connectivity index (χ2n) is 4.96. The smallest absolute Gasteiger partial charge is 0.405 e. The molecule has 0 amide bonds. The van der Waals surface area contributed by atoms with Gasteiger partial charge in [0.15, 0.2) is 0 Å². The Labute approximate surface area is 119 Å². The van der Waals surface area contributed by atoms with Crippen LogP contribution in [0.15, 0.2) is 29.4 Å². The molecule has 0 saturated carbocycles. The molecule has 1 aromatic rings. The largest absolute Gasteiger partial charge is 0.573 e. The highest BCUT2D eigenvalue weighted by molar-refractivity contribution is 8.13. The third-order valence-electron chi connectivity index (χ3n) is 2.56. The van der Waals surface area contributed by atoms with Crippen LogP contribution in [0.1, 0.15) is 25.8 Å². The van der Waals surface area contributed by atoms with Gasteiger partial charge in [0.05, 0.1) is 0 Å². The molecule has 0 bridgehead atoms. The molecule has 20 heavy (non-hydrogen) atoms. The van der Waals surface area contributed by atoms with Crippen LogP contribution in [0.2, 0.25) is 0 Å². The Balaban J connectivity index is 2.00. The Morgan fingerprint density at radius 2 is 2.05 bits per heavy atom. The second-order valence-corrected chi connectivity index (χ2v) is 6.01. The monoisotopic (exact) mass is 305 g/mol. The number of oxime groups is 1. The van der Waals surface area contributed by atoms with Gasteiger partial charge in [0.1, 0.15) is 16.4 Å². The van der Waals surface area contributed by atoms with Crippen molar-refractivity contribution in [3.63, 3.8) is 0 Å². The van der Waals surface area contributed by atoms with E-state index in [4.69, 9.17) is 4.84 Å². The standard InChI is InChI=1S/C13H14F3NO2S/c1-12(2)7-11(17-19-12)20-8-9-5-3-4-6-10(9)18-13(14,15)16/h3-6H,7-8H2,1-2H3. The molecule has 0 aromatic heterocycles. The van der Waals surface area contributed by atoms with E-state index >= 15 is 0 Å². The number of hydrogen-bond donors (Lipinski definition) is 0. The van der Waals surface area contributed by atoms with Crippen molar-refractivity contribution in [2.45, 2.75) is 38.0 Å². The van der Waals surface area contributed by atoms with Crippen molar-refractivity contribution in [3.05, 3.63) is 29.8 Å². The van der Waals surface area contributed by atoms with Crippen LogP contribution in [0.3, 0.4) is 0 Å². The fourth-order valence-corrected chi connectivity index (χ4v) is 2.79. The lowest BCUT2D eigenvalue weighted by Gasteiger charge is -2.14. The third kappa shape index (κ3) is 4.33. The number of hydrogen-bond acceptors (Lipinski definition) is 4. The van der Waals surface area contributed by atoms with Crippen LogP contribution in [0.25, 0.3) is 0 Å². The van der Waals surface area contributed by atoms with Crippen molar-refractivity contribution < 1.29 is 22.7 Å². The average molecular weight is 305 g/mol. The van der Waals surface area contributed by atoms with Gasteiger partial charge >= 0.3 is 6.36 Å². The average Bonchev–Trinajstić information content (AvgIpc) is 2.66. The van der Waals surface area contributed by atoms with E-state index in [1.807, 2.05) is 13.8 Å². The number of para-hydroxylation sites is 1. The highest BCUT2D eigenvalue weighted by Crippen LogP contribution is 2.32. The minimum absolute atomic E-state index is 0.175. The van der Waals surface area contributed by atoms with Crippen LogP contribution in [0.5, 0.6) is 5.75 Å². The van der Waals surface area contributed by atoms with E-state index in [1.54, 1.807) is 12.1 Å². The van der Waals surface area contributed by atoms with E-state index in [1.165, 1.54) is 23.9 Å². The minimum atomic E-state index is -4.68. The summed E-state index contributed by atoms with van der Waals surface area (Å²) in [7, 11) is 0. The second kappa shape index (κ2) is 5.55. The molecule has 0 N–H and O–H groups in total. The van der Waals surface area contributed by atoms with Crippen LogP contribution in [-0.2, 0) is 10.6 Å². The lowest BCUT2D eigenvalue weighted by atomic mass is 10.1. The fourth-order valence-electron chi connectivity index (χ4n) is 1.69. The first kappa shape index (κ1) is 15.0. The van der Waals surface area contributed by atoms with Gasteiger partial charge in [0, 0.05) is 17.7 Å². The van der Waals surface area contributed by atoms with Crippen molar-refractivity contribution in [1.82, 2.24) is 0 Å². The van der Waals surface area contributed by atoms with Gasteiger partial charge in [0.25, 0.3) is 0 Å². The first-order valence-electron chi connectivity index (χ1n) is 5.97. The number of ether oxygens (including phenoxy) is 1. The van der Waals surface area contributed by atoms with Crippen molar-refractivity contribution in [1.29, 1.82) is 0 Å². The molecule has 1 aliphatic heterocycles. The van der Waals surface area contributed by atoms with Crippen LogP contribution in [0, 0.1) is 0 Å². The molecule has 110 valence electrons. The summed E-state index contributed by atoms with van der Waals surface area (Å²) in [5.74, 6) is 0.177. The summed E-state index contributed by atoms with van der Waals surface area (Å²) in [6.07, 6.45) is -4.03. The Morgan fingerprint density at radius 3 is 2.65 bits per heavy atom. The van der Waals surface area contributed by atoms with Gasteiger partial charge in [-0.3, -0.25) is 0 Å². The SMILES string of the molecule is CC1(C)CC(SCc2ccccc2OC(F)(F)F)=NO1. The van der Waals surface area contributed by atoms with E-state index in [9.17, 15) is 13.2 Å². The van der Waals surface area contributed by atoms with Gasteiger partial charge in [-0.05, 0) is 19.9 Å². The molecule has 7 heteroatoms. The molecule has 1 heterocycles. The van der Waals surface area contributed by atoms with Crippen LogP contribution in [0.4, 0.5) is 13.2 Å². The number of halogens is 3. The summed E-state index contributed by atoms with van der Waals surface area (Å²) in [6.45, 7) is 3.82. The molecular weight excluding hydrogens is 291 g/mol. The molecular formula is C13H14F3NO2S. The molecule has 0 radical (unpaired) electrons. The van der Waals surface area contributed by atoms with Crippen molar-refractivity contribution in [2.24, 2.45) is 5.16 Å². The number of nitrogens with zero attached hydrogens (tertiary/aromatic N) is 1. The van der Waals surface area contributed by atoms with E-state index in [0.29, 0.717) is 17.7 Å². The van der Waals surface area contributed by atoms with Crippen molar-refractivity contribution in [3.8, 4) is 5.75 Å². The predicted molar refractivity (Wildman–Crippen MR) is 71.6 cm³/mol. The summed E-state index contributed by atoms with van der Waals surface area (Å²) in [5, 5.41) is 4.70. The van der Waals surface area contributed by atoms with E-state index in [-0.39, 0.29) is 11.4 Å². The topological polar surface area (TPSA) is 30.8 Å². The molecule has 0 spiro atoms. The van der Waals surface area contributed by atoms with Gasteiger partial charge < -0.3 is 9.57 Å². The van der Waals surface area contributed by atoms with Crippen LogP contribution >= 0.6 is 11.8 Å². The van der Waals surface area contributed by atoms with E-state index in [0.717, 1.165) is 5.04 Å². The van der Waals surface area contributed by atoms with Gasteiger partial charge in [-0.15, -0.1) is 24.9 Å². The molecule has 1 aliphatic rings. The van der Waals surface area contributed by atoms with Crippen LogP contribution in [-0.4, -0.2) is 17.0 Å². The first-order chi connectivity index (χ1) is 9.25. The lowest BCUT2D eigenvalue weighted by Crippen LogP contribution is -2.18. The Morgan fingerprint density at radius 1 is 1.35 bits per heavy atom. The molecule has 0 aliphatic carbocycles. The summed E-state index contributed by atoms with van der Waals surface area (Å²) < 4.78 is 40.9. The maximum atomic E-state index is 12.3. The minimum Gasteiger partial charge on any atom is -0.405 e. The molecule has 0 atom stereocenters. The Bertz CT molecular complexity index is 515. The fraction of sp³-hybridized carbons (Fsp3) is 0.462. The van der Waals surface area contributed by atoms with Gasteiger partial charge in [-0.25, -0.2) is 0 Å². The van der Waals surface area contributed by atoms with E-state index < -0.39 is 6.36 Å². The normalized spacial score (nSPS) is 17.6. The maximum absolute atomic E-state index is 12.3. The van der Waals surface area contributed by atoms with Crippen molar-refractivity contribution in [2.75, 3.05) is 0 Å². The molecule has 0 fully saturated rings. The summed E-state index contributed by atoms with van der Waals surface area (Å²) in [4.78, 5) is 5.21. The predicted octanol–water partition coefficient (Wildman–Crippen LogP) is 4.33. The van der Waals surface area contributed by atoms with Gasteiger partial charge in [-0.2, -0.15) is 0 Å². The highest BCUT2D eigenvalue weighted by Gasteiger charge is 2.32. The quantitative estimate of drug-likeness (QED) is 0.832. The molecule has 0 unspecified atom stereocenters. The van der Waals surface area contributed by atoms with Crippen molar-refractivity contribution >= 4 is 16.8 Å². The number of benzene rings is 1. The Hall–Kier alpha value is -1.37. The number of rotatable bonds is 3. The van der Waals surface area contributed by atoms with E-state index in [2.05, 4.69) is 9.89 Å². The Kier molecular flexibility index (Phi) is 4.17. The summed E-state index contributed by atoms with van der Waals surface area (Å²) >= 11 is 1.36.